The third-order valence-electron chi connectivity index (χ3n) is 8.99. The Morgan fingerprint density at radius 1 is 0.708 bits per heavy atom. The molecule has 1 amide bonds. The van der Waals surface area contributed by atoms with Crippen molar-refractivity contribution in [2.75, 3.05) is 26.3 Å². The number of likely N-dealkylation sites (tertiary alicyclic amines) is 1. The molecule has 1 aliphatic rings. The quantitative estimate of drug-likeness (QED) is 0.211. The van der Waals surface area contributed by atoms with Gasteiger partial charge >= 0.3 is 0 Å². The van der Waals surface area contributed by atoms with Crippen LogP contribution in [-0.4, -0.2) is 51.4 Å². The number of rotatable bonds is 8. The minimum atomic E-state index is -0.421. The van der Waals surface area contributed by atoms with E-state index in [1.165, 1.54) is 16.0 Å². The summed E-state index contributed by atoms with van der Waals surface area (Å²) in [6, 6.07) is 9.04. The Hall–Kier alpha value is -1.83. The molecule has 0 aliphatic carbocycles. The summed E-state index contributed by atoms with van der Waals surface area (Å²) >= 11 is 3.82. The molecular weight excluding hydrogens is 635 g/mol. The molecule has 0 saturated carbocycles. The van der Waals surface area contributed by atoms with Crippen LogP contribution in [0.2, 0.25) is 0 Å². The number of ether oxygens (including phenoxy) is 1. The highest BCUT2D eigenvalue weighted by Crippen LogP contribution is 2.55. The van der Waals surface area contributed by atoms with E-state index in [2.05, 4.69) is 112 Å². The fourth-order valence-corrected chi connectivity index (χ4v) is 9.24. The molecule has 48 heavy (non-hydrogen) atoms. The molecular formula is C41H65NO4S2. The summed E-state index contributed by atoms with van der Waals surface area (Å²) in [6.07, 6.45) is 2.27. The average molecular weight is 700 g/mol. The van der Waals surface area contributed by atoms with Gasteiger partial charge in [0.05, 0.1) is 10.7 Å². The maximum Gasteiger partial charge on any atom is 0.227 e. The molecule has 1 saturated heterocycles. The summed E-state index contributed by atoms with van der Waals surface area (Å²) in [4.78, 5) is 17.8. The van der Waals surface area contributed by atoms with E-state index in [1.807, 2.05) is 44.3 Å². The fourth-order valence-electron chi connectivity index (χ4n) is 6.16. The highest BCUT2D eigenvalue weighted by atomic mass is 32.2. The number of phenolic OH excluding ortho intramolecular Hbond substituents is 1. The van der Waals surface area contributed by atoms with Gasteiger partial charge < -0.3 is 19.8 Å². The smallest absolute Gasteiger partial charge is 0.227 e. The summed E-state index contributed by atoms with van der Waals surface area (Å²) in [6.45, 7) is 34.4. The first-order valence-electron chi connectivity index (χ1n) is 17.7. The lowest BCUT2D eigenvalue weighted by atomic mass is 9.79. The maximum atomic E-state index is 13.4. The molecule has 2 aromatic carbocycles. The molecule has 1 aliphatic heterocycles. The molecule has 0 atom stereocenters. The van der Waals surface area contributed by atoms with Crippen molar-refractivity contribution in [3.63, 3.8) is 0 Å². The van der Waals surface area contributed by atoms with Crippen molar-refractivity contribution < 1.29 is 19.7 Å². The molecule has 2 aromatic rings. The third kappa shape index (κ3) is 9.90. The number of hydrogen-bond acceptors (Lipinski definition) is 6. The zero-order chi connectivity index (χ0) is 36.7. The van der Waals surface area contributed by atoms with E-state index in [1.54, 1.807) is 0 Å². The van der Waals surface area contributed by atoms with Gasteiger partial charge in [0.15, 0.2) is 0 Å². The summed E-state index contributed by atoms with van der Waals surface area (Å²) in [7, 11) is 0. The molecule has 0 unspecified atom stereocenters. The largest absolute Gasteiger partial charge is 0.507 e. The number of nitrogens with zero attached hydrogens (tertiary/aromatic N) is 1. The SMILES string of the molecule is CC(C)(C)C(=O)N1CCC(Sc2cc(C(C)(C)C)c(O)c(C(C)(C)C)c2)(Sc2cc(C(C)(C)C)c(OCCCO)c(C(C)(C)C)c2)CC1. The van der Waals surface area contributed by atoms with Gasteiger partial charge in [-0.2, -0.15) is 0 Å². The Kier molecular flexibility index (Phi) is 12.2. The summed E-state index contributed by atoms with van der Waals surface area (Å²) in [5.74, 6) is 1.53. The van der Waals surface area contributed by atoms with Crippen molar-refractivity contribution in [2.24, 2.45) is 5.41 Å². The topological polar surface area (TPSA) is 70.0 Å². The predicted molar refractivity (Wildman–Crippen MR) is 206 cm³/mol. The van der Waals surface area contributed by atoms with Crippen molar-refractivity contribution >= 4 is 29.4 Å². The number of benzene rings is 2. The summed E-state index contributed by atoms with van der Waals surface area (Å²) < 4.78 is 6.22. The molecule has 3 rings (SSSR count). The zero-order valence-corrected chi connectivity index (χ0v) is 34.4. The first kappa shape index (κ1) is 40.6. The lowest BCUT2D eigenvalue weighted by Gasteiger charge is -2.43. The Morgan fingerprint density at radius 3 is 1.42 bits per heavy atom. The molecule has 1 fully saturated rings. The van der Waals surface area contributed by atoms with Crippen LogP contribution in [0.15, 0.2) is 34.1 Å². The van der Waals surface area contributed by atoms with E-state index >= 15 is 0 Å². The molecule has 0 spiro atoms. The Labute approximate surface area is 301 Å². The van der Waals surface area contributed by atoms with Crippen molar-refractivity contribution in [2.45, 2.75) is 159 Å². The molecule has 0 radical (unpaired) electrons. The summed E-state index contributed by atoms with van der Waals surface area (Å²) in [5, 5.41) is 21.0. The lowest BCUT2D eigenvalue weighted by Crippen LogP contribution is -2.47. The zero-order valence-electron chi connectivity index (χ0n) is 32.7. The van der Waals surface area contributed by atoms with Gasteiger partial charge in [0.25, 0.3) is 0 Å². The predicted octanol–water partition coefficient (Wildman–Crippen LogP) is 10.6. The van der Waals surface area contributed by atoms with Gasteiger partial charge in [-0.1, -0.05) is 104 Å². The Bertz CT molecular complexity index is 1370. The van der Waals surface area contributed by atoms with Crippen molar-refractivity contribution in [3.8, 4) is 11.5 Å². The van der Waals surface area contributed by atoms with E-state index in [4.69, 9.17) is 4.74 Å². The van der Waals surface area contributed by atoms with Crippen molar-refractivity contribution in [1.82, 2.24) is 4.90 Å². The number of piperidine rings is 1. The minimum Gasteiger partial charge on any atom is -0.507 e. The van der Waals surface area contributed by atoms with Crippen LogP contribution in [0.25, 0.3) is 0 Å². The molecule has 5 nitrogen and oxygen atoms in total. The standard InChI is InChI=1S/C41H65NO4S2/c1-36(2,3)29-23-27(24-30(33(29)44)37(4,5)6)47-41(17-19-42(20-18-41)35(45)40(13,14)15)48-28-25-31(38(7,8)9)34(46-22-16-21-43)32(26-28)39(10,11)12/h23-26,43-44H,16-22H2,1-15H3. The average Bonchev–Trinajstić information content (AvgIpc) is 2.91. The first-order valence-corrected chi connectivity index (χ1v) is 19.3. The highest BCUT2D eigenvalue weighted by molar-refractivity contribution is 8.18. The van der Waals surface area contributed by atoms with Crippen LogP contribution in [0, 0.1) is 5.41 Å². The molecule has 0 aromatic heterocycles. The number of amides is 1. The highest BCUT2D eigenvalue weighted by Gasteiger charge is 2.41. The van der Waals surface area contributed by atoms with Gasteiger partial charge in [-0.3, -0.25) is 4.79 Å². The van der Waals surface area contributed by atoms with Gasteiger partial charge in [0, 0.05) is 63.6 Å². The van der Waals surface area contributed by atoms with Gasteiger partial charge in [0.1, 0.15) is 11.5 Å². The van der Waals surface area contributed by atoms with Crippen LogP contribution in [0.4, 0.5) is 0 Å². The second-order valence-corrected chi connectivity index (χ2v) is 22.0. The number of carbonyl (C=O) groups excluding carboxylic acids is 1. The molecule has 1 heterocycles. The van der Waals surface area contributed by atoms with Gasteiger partial charge in [-0.05, 0) is 58.8 Å². The number of carbonyl (C=O) groups is 1. The first-order chi connectivity index (χ1) is 21.7. The molecule has 2 N–H and O–H groups in total. The monoisotopic (exact) mass is 699 g/mol. The van der Waals surface area contributed by atoms with Crippen LogP contribution >= 0.6 is 23.5 Å². The van der Waals surface area contributed by atoms with Gasteiger partial charge in [-0.15, -0.1) is 23.5 Å². The number of aromatic hydroxyl groups is 1. The Morgan fingerprint density at radius 2 is 1.08 bits per heavy atom. The van der Waals surface area contributed by atoms with Crippen molar-refractivity contribution in [3.05, 3.63) is 46.5 Å². The number of aliphatic hydroxyl groups excluding tert-OH is 1. The molecule has 270 valence electrons. The van der Waals surface area contributed by atoms with Crippen molar-refractivity contribution in [1.29, 1.82) is 0 Å². The molecule has 7 heteroatoms. The summed E-state index contributed by atoms with van der Waals surface area (Å²) in [5.41, 5.74) is 3.09. The lowest BCUT2D eigenvalue weighted by molar-refractivity contribution is -0.140. The van der Waals surface area contributed by atoms with Crippen LogP contribution < -0.4 is 4.74 Å². The number of hydrogen-bond donors (Lipinski definition) is 2. The maximum absolute atomic E-state index is 13.4. The van der Waals surface area contributed by atoms with E-state index in [9.17, 15) is 15.0 Å². The normalized spacial score (nSPS) is 16.3. The second-order valence-electron chi connectivity index (χ2n) is 18.8. The number of phenols is 1. The van der Waals surface area contributed by atoms with E-state index in [0.29, 0.717) is 31.9 Å². The number of aliphatic hydroxyl groups is 1. The van der Waals surface area contributed by atoms with E-state index in [-0.39, 0.29) is 38.3 Å². The molecule has 0 bridgehead atoms. The second kappa shape index (κ2) is 14.4. The number of thioether (sulfide) groups is 2. The van der Waals surface area contributed by atoms with Crippen LogP contribution in [0.3, 0.4) is 0 Å². The van der Waals surface area contributed by atoms with Crippen LogP contribution in [0.5, 0.6) is 11.5 Å². The minimum absolute atomic E-state index is 0.100. The Balaban J connectivity index is 2.23. The fraction of sp³-hybridized carbons (Fsp3) is 0.683. The van der Waals surface area contributed by atoms with E-state index < -0.39 is 5.41 Å². The van der Waals surface area contributed by atoms with Gasteiger partial charge in [-0.25, -0.2) is 0 Å². The van der Waals surface area contributed by atoms with Gasteiger partial charge in [0.2, 0.25) is 5.91 Å². The third-order valence-corrected chi connectivity index (χ3v) is 12.0. The van der Waals surface area contributed by atoms with E-state index in [0.717, 1.165) is 34.6 Å². The van der Waals surface area contributed by atoms with Crippen LogP contribution in [0.1, 0.15) is 145 Å². The van der Waals surface area contributed by atoms with Crippen LogP contribution in [-0.2, 0) is 26.5 Å².